The van der Waals surface area contributed by atoms with Crippen LogP contribution in [0, 0.1) is 5.92 Å². The maximum absolute atomic E-state index is 12.9. The van der Waals surface area contributed by atoms with E-state index in [1.54, 1.807) is 30.5 Å². The summed E-state index contributed by atoms with van der Waals surface area (Å²) in [5.74, 6) is -0.233. The maximum atomic E-state index is 12.9. The second kappa shape index (κ2) is 10.0. The third-order valence-electron chi connectivity index (χ3n) is 6.48. The number of carboxylic acid groups (broad SMARTS) is 1. The second-order valence-corrected chi connectivity index (χ2v) is 8.94. The number of anilines is 1. The van der Waals surface area contributed by atoms with Crippen LogP contribution in [-0.2, 0) is 0 Å². The lowest BCUT2D eigenvalue weighted by atomic mass is 9.95. The molecular weight excluding hydrogens is 460 g/mol. The molecule has 0 saturated carbocycles. The second-order valence-electron chi connectivity index (χ2n) is 8.94. The normalized spacial score (nSPS) is 15.7. The van der Waals surface area contributed by atoms with Gasteiger partial charge in [0.1, 0.15) is 11.2 Å². The molecule has 10 nitrogen and oxygen atoms in total. The predicted molar refractivity (Wildman–Crippen MR) is 135 cm³/mol. The number of fused-ring (bicyclic) bond motifs is 2. The Bertz CT molecular complexity index is 1450. The van der Waals surface area contributed by atoms with Crippen LogP contribution < -0.4 is 10.6 Å². The van der Waals surface area contributed by atoms with E-state index >= 15 is 0 Å². The first-order valence-electron chi connectivity index (χ1n) is 11.9. The van der Waals surface area contributed by atoms with Gasteiger partial charge in [0, 0.05) is 31.2 Å². The van der Waals surface area contributed by atoms with E-state index in [4.69, 9.17) is 0 Å². The fourth-order valence-electron chi connectivity index (χ4n) is 4.61. The predicted octanol–water partition coefficient (Wildman–Crippen LogP) is 3.87. The highest BCUT2D eigenvalue weighted by molar-refractivity contribution is 6.07. The molecule has 1 aliphatic rings. The number of imidazole rings is 1. The standard InChI is InChI=1S/C26H26N6O4/c33-23(27-11-10-16-5-4-12-32(15-16)26(35)36)19-8-3-9-20-22(19)30-25(29-20)31-24(34)21-13-17-6-1-2-7-18(17)14-28-21/h1-3,6-9,13-14,16H,4-5,10-12,15H2,(H,27,33)(H,35,36)(H2,29,30,31,34). The zero-order valence-corrected chi connectivity index (χ0v) is 19.5. The minimum atomic E-state index is -0.895. The van der Waals surface area contributed by atoms with Crippen LogP contribution in [0.3, 0.4) is 0 Å². The van der Waals surface area contributed by atoms with Gasteiger partial charge in [0.25, 0.3) is 11.8 Å². The minimum absolute atomic E-state index is 0.223. The Morgan fingerprint density at radius 1 is 1.08 bits per heavy atom. The van der Waals surface area contributed by atoms with E-state index in [1.165, 1.54) is 4.90 Å². The summed E-state index contributed by atoms with van der Waals surface area (Å²) in [5.41, 5.74) is 1.72. The molecule has 2 aromatic heterocycles. The fraction of sp³-hybridized carbons (Fsp3) is 0.269. The SMILES string of the molecule is O=C(Nc1nc2c(C(=O)NCCC3CCCN(C(=O)O)C3)cccc2[nH]1)c1cc2ccccc2cn1. The molecule has 0 spiro atoms. The lowest BCUT2D eigenvalue weighted by Crippen LogP contribution is -2.40. The average Bonchev–Trinajstić information content (AvgIpc) is 3.31. The van der Waals surface area contributed by atoms with Crippen LogP contribution in [-0.4, -0.2) is 62.5 Å². The van der Waals surface area contributed by atoms with Gasteiger partial charge in [0.05, 0.1) is 11.1 Å². The Balaban J connectivity index is 1.24. The van der Waals surface area contributed by atoms with Gasteiger partial charge in [-0.1, -0.05) is 30.3 Å². The number of piperidine rings is 1. The lowest BCUT2D eigenvalue weighted by Gasteiger charge is -2.30. The third-order valence-corrected chi connectivity index (χ3v) is 6.48. The molecule has 3 heterocycles. The number of hydrogen-bond acceptors (Lipinski definition) is 5. The number of aromatic amines is 1. The summed E-state index contributed by atoms with van der Waals surface area (Å²) in [6.45, 7) is 1.50. The molecular formula is C26H26N6O4. The van der Waals surface area contributed by atoms with Gasteiger partial charge in [0.15, 0.2) is 0 Å². The molecule has 36 heavy (non-hydrogen) atoms. The van der Waals surface area contributed by atoms with Crippen LogP contribution in [0.15, 0.2) is 54.7 Å². The molecule has 1 saturated heterocycles. The summed E-state index contributed by atoms with van der Waals surface area (Å²) < 4.78 is 0. The van der Waals surface area contributed by atoms with Crippen LogP contribution >= 0.6 is 0 Å². The van der Waals surface area contributed by atoms with Gasteiger partial charge in [-0.3, -0.25) is 19.9 Å². The van der Waals surface area contributed by atoms with Gasteiger partial charge in [-0.15, -0.1) is 0 Å². The number of aromatic nitrogens is 3. The van der Waals surface area contributed by atoms with Crippen molar-refractivity contribution in [1.29, 1.82) is 0 Å². The highest BCUT2D eigenvalue weighted by atomic mass is 16.4. The van der Waals surface area contributed by atoms with Crippen molar-refractivity contribution in [2.75, 3.05) is 25.0 Å². The van der Waals surface area contributed by atoms with Gasteiger partial charge in [0.2, 0.25) is 5.95 Å². The number of carbonyl (C=O) groups excluding carboxylic acids is 2. The highest BCUT2D eigenvalue weighted by Gasteiger charge is 2.23. The summed E-state index contributed by atoms with van der Waals surface area (Å²) in [7, 11) is 0. The van der Waals surface area contributed by atoms with Crippen molar-refractivity contribution in [3.63, 3.8) is 0 Å². The molecule has 4 N–H and O–H groups in total. The Morgan fingerprint density at radius 2 is 1.92 bits per heavy atom. The van der Waals surface area contributed by atoms with Gasteiger partial charge < -0.3 is 20.3 Å². The first-order chi connectivity index (χ1) is 17.5. The van der Waals surface area contributed by atoms with E-state index in [0.29, 0.717) is 42.7 Å². The number of H-pyrrole nitrogens is 1. The fourth-order valence-corrected chi connectivity index (χ4v) is 4.61. The van der Waals surface area contributed by atoms with Crippen molar-refractivity contribution in [2.24, 2.45) is 5.92 Å². The number of amides is 3. The third kappa shape index (κ3) is 4.97. The number of rotatable bonds is 6. The topological polar surface area (TPSA) is 140 Å². The molecule has 0 aliphatic carbocycles. The Hall–Kier alpha value is -4.47. The largest absolute Gasteiger partial charge is 0.465 e. The summed E-state index contributed by atoms with van der Waals surface area (Å²) >= 11 is 0. The first-order valence-corrected chi connectivity index (χ1v) is 11.9. The van der Waals surface area contributed by atoms with Crippen molar-refractivity contribution in [3.05, 3.63) is 66.0 Å². The van der Waals surface area contributed by atoms with Gasteiger partial charge in [-0.25, -0.2) is 9.78 Å². The van der Waals surface area contributed by atoms with Crippen molar-refractivity contribution in [3.8, 4) is 0 Å². The molecule has 184 valence electrons. The molecule has 1 aliphatic heterocycles. The number of hydrogen-bond donors (Lipinski definition) is 4. The number of nitrogens with one attached hydrogen (secondary N) is 3. The molecule has 1 atom stereocenters. The summed E-state index contributed by atoms with van der Waals surface area (Å²) in [5, 5.41) is 16.7. The molecule has 0 bridgehead atoms. The van der Waals surface area contributed by atoms with Crippen molar-refractivity contribution in [2.45, 2.75) is 19.3 Å². The van der Waals surface area contributed by atoms with Gasteiger partial charge >= 0.3 is 6.09 Å². The van der Waals surface area contributed by atoms with Crippen molar-refractivity contribution >= 4 is 45.7 Å². The summed E-state index contributed by atoms with van der Waals surface area (Å²) in [6, 6.07) is 14.6. The zero-order chi connectivity index (χ0) is 25.1. The number of nitrogens with zero attached hydrogens (tertiary/aromatic N) is 3. The Kier molecular flexibility index (Phi) is 6.48. The molecule has 1 fully saturated rings. The number of para-hydroxylation sites is 1. The van der Waals surface area contributed by atoms with Gasteiger partial charge in [-0.05, 0) is 48.8 Å². The van der Waals surface area contributed by atoms with Gasteiger partial charge in [-0.2, -0.15) is 0 Å². The van der Waals surface area contributed by atoms with Crippen molar-refractivity contribution in [1.82, 2.24) is 25.2 Å². The smallest absolute Gasteiger partial charge is 0.407 e. The molecule has 10 heteroatoms. The molecule has 3 amide bonds. The van der Waals surface area contributed by atoms with E-state index in [1.807, 2.05) is 24.3 Å². The highest BCUT2D eigenvalue weighted by Crippen LogP contribution is 2.21. The van der Waals surface area contributed by atoms with Crippen LogP contribution in [0.5, 0.6) is 0 Å². The maximum Gasteiger partial charge on any atom is 0.407 e. The molecule has 4 aromatic rings. The number of likely N-dealkylation sites (tertiary alicyclic amines) is 1. The monoisotopic (exact) mass is 486 g/mol. The quantitative estimate of drug-likeness (QED) is 0.326. The Labute approximate surface area is 206 Å². The summed E-state index contributed by atoms with van der Waals surface area (Å²) in [4.78, 5) is 50.0. The van der Waals surface area contributed by atoms with E-state index in [2.05, 4.69) is 25.6 Å². The molecule has 1 unspecified atom stereocenters. The van der Waals surface area contributed by atoms with Crippen LogP contribution in [0.1, 0.15) is 40.1 Å². The molecule has 2 aromatic carbocycles. The Morgan fingerprint density at radius 3 is 2.75 bits per heavy atom. The van der Waals surface area contributed by atoms with E-state index in [-0.39, 0.29) is 23.5 Å². The average molecular weight is 487 g/mol. The van der Waals surface area contributed by atoms with E-state index in [0.717, 1.165) is 23.6 Å². The van der Waals surface area contributed by atoms with Crippen LogP contribution in [0.2, 0.25) is 0 Å². The van der Waals surface area contributed by atoms with E-state index < -0.39 is 12.0 Å². The van der Waals surface area contributed by atoms with E-state index in [9.17, 15) is 19.5 Å². The zero-order valence-electron chi connectivity index (χ0n) is 19.5. The summed E-state index contributed by atoms with van der Waals surface area (Å²) in [6.07, 6.45) is 3.24. The minimum Gasteiger partial charge on any atom is -0.465 e. The lowest BCUT2D eigenvalue weighted by molar-refractivity contribution is 0.0942. The van der Waals surface area contributed by atoms with Crippen LogP contribution in [0.4, 0.5) is 10.7 Å². The number of benzene rings is 2. The molecule has 5 rings (SSSR count). The number of carbonyl (C=O) groups is 3. The first kappa shape index (κ1) is 23.3. The van der Waals surface area contributed by atoms with Crippen molar-refractivity contribution < 1.29 is 19.5 Å². The van der Waals surface area contributed by atoms with Crippen LogP contribution in [0.25, 0.3) is 21.8 Å². The molecule has 0 radical (unpaired) electrons. The number of pyridine rings is 1.